The third kappa shape index (κ3) is 1.87. The number of nitrogens with one attached hydrogen (secondary N) is 1. The van der Waals surface area contributed by atoms with E-state index in [1.54, 1.807) is 20.2 Å². The summed E-state index contributed by atoms with van der Waals surface area (Å²) < 4.78 is 0. The average molecular weight is 149 g/mol. The van der Waals surface area contributed by atoms with Crippen LogP contribution in [0.1, 0.15) is 6.92 Å². The second kappa shape index (κ2) is 3.08. The van der Waals surface area contributed by atoms with Crippen LogP contribution in [0.5, 0.6) is 0 Å². The first-order valence-corrected chi connectivity index (χ1v) is 3.76. The first-order valence-electron chi connectivity index (χ1n) is 2.54. The van der Waals surface area contributed by atoms with Crippen molar-refractivity contribution in [3.8, 4) is 0 Å². The van der Waals surface area contributed by atoms with Crippen LogP contribution < -0.4 is 5.32 Å². The van der Waals surface area contributed by atoms with Crippen molar-refractivity contribution in [1.29, 1.82) is 0 Å². The molecule has 0 rings (SSSR count). The van der Waals surface area contributed by atoms with Crippen LogP contribution in [0.15, 0.2) is 0 Å². The lowest BCUT2D eigenvalue weighted by Crippen LogP contribution is -2.43. The third-order valence-electron chi connectivity index (χ3n) is 1.29. The van der Waals surface area contributed by atoms with Gasteiger partial charge in [0, 0.05) is 0 Å². The van der Waals surface area contributed by atoms with Crippen LogP contribution in [0.2, 0.25) is 0 Å². The lowest BCUT2D eigenvalue weighted by molar-refractivity contribution is -0.140. The number of carbonyl (C=O) groups is 1. The van der Waals surface area contributed by atoms with Crippen molar-refractivity contribution in [2.45, 2.75) is 11.8 Å². The monoisotopic (exact) mass is 149 g/mol. The predicted octanol–water partition coefficient (Wildman–Crippen LogP) is 0.370. The highest BCUT2D eigenvalue weighted by Crippen LogP contribution is 2.17. The maximum absolute atomic E-state index is 10.4. The molecule has 0 radical (unpaired) electrons. The molecular formula is C5H11NO2S. The van der Waals surface area contributed by atoms with Crippen molar-refractivity contribution in [1.82, 2.24) is 5.32 Å². The summed E-state index contributed by atoms with van der Waals surface area (Å²) in [6.07, 6.45) is 1.75. The SMILES string of the molecule is CNC(C)(SC)C(=O)O. The lowest BCUT2D eigenvalue weighted by atomic mass is 10.3. The first-order chi connectivity index (χ1) is 4.06. The highest BCUT2D eigenvalue weighted by atomic mass is 32.2. The molecule has 3 nitrogen and oxygen atoms in total. The fourth-order valence-corrected chi connectivity index (χ4v) is 0.675. The molecule has 0 aromatic rings. The molecule has 0 bridgehead atoms. The van der Waals surface area contributed by atoms with Gasteiger partial charge in [-0.25, -0.2) is 4.79 Å². The Morgan fingerprint density at radius 1 is 1.78 bits per heavy atom. The van der Waals surface area contributed by atoms with Crippen LogP contribution in [0, 0.1) is 0 Å². The molecule has 9 heavy (non-hydrogen) atoms. The Hall–Kier alpha value is -0.220. The van der Waals surface area contributed by atoms with Gasteiger partial charge in [-0.2, -0.15) is 0 Å². The topological polar surface area (TPSA) is 49.3 Å². The summed E-state index contributed by atoms with van der Waals surface area (Å²) in [7, 11) is 1.63. The normalized spacial score (nSPS) is 16.8. The second-order valence-electron chi connectivity index (χ2n) is 1.79. The van der Waals surface area contributed by atoms with Crippen molar-refractivity contribution >= 4 is 17.7 Å². The van der Waals surface area contributed by atoms with Crippen LogP contribution in [0.4, 0.5) is 0 Å². The molecule has 0 aliphatic heterocycles. The Bertz CT molecular complexity index is 112. The molecule has 0 heterocycles. The molecule has 0 aromatic heterocycles. The number of carboxylic acid groups (broad SMARTS) is 1. The Morgan fingerprint density at radius 3 is 2.22 bits per heavy atom. The summed E-state index contributed by atoms with van der Waals surface area (Å²) in [6, 6.07) is 0. The summed E-state index contributed by atoms with van der Waals surface area (Å²) in [6.45, 7) is 1.62. The molecule has 1 atom stereocenters. The smallest absolute Gasteiger partial charge is 0.334 e. The quantitative estimate of drug-likeness (QED) is 0.569. The number of likely N-dealkylation sites (N-methyl/N-ethyl adjacent to an activating group) is 1. The van der Waals surface area contributed by atoms with Crippen LogP contribution in [-0.4, -0.2) is 29.3 Å². The van der Waals surface area contributed by atoms with Gasteiger partial charge in [0.2, 0.25) is 0 Å². The number of carboxylic acids is 1. The third-order valence-corrected chi connectivity index (χ3v) is 2.49. The lowest BCUT2D eigenvalue weighted by Gasteiger charge is -2.20. The van der Waals surface area contributed by atoms with Gasteiger partial charge in [-0.1, -0.05) is 0 Å². The summed E-state index contributed by atoms with van der Waals surface area (Å²) in [5.74, 6) is -0.836. The van der Waals surface area contributed by atoms with Gasteiger partial charge in [-0.3, -0.25) is 5.32 Å². The zero-order chi connectivity index (χ0) is 7.49. The maximum atomic E-state index is 10.4. The summed E-state index contributed by atoms with van der Waals surface area (Å²) in [5, 5.41) is 11.2. The van der Waals surface area contributed by atoms with Gasteiger partial charge in [0.25, 0.3) is 0 Å². The van der Waals surface area contributed by atoms with E-state index in [2.05, 4.69) is 5.32 Å². The molecule has 0 saturated carbocycles. The molecule has 2 N–H and O–H groups in total. The van der Waals surface area contributed by atoms with Crippen LogP contribution in [0.3, 0.4) is 0 Å². The van der Waals surface area contributed by atoms with Gasteiger partial charge in [0.05, 0.1) is 0 Å². The molecule has 0 spiro atoms. The second-order valence-corrected chi connectivity index (χ2v) is 3.02. The van der Waals surface area contributed by atoms with E-state index < -0.39 is 10.8 Å². The summed E-state index contributed by atoms with van der Waals surface area (Å²) in [5.41, 5.74) is 0. The Balaban J connectivity index is 4.09. The molecule has 4 heteroatoms. The van der Waals surface area contributed by atoms with Crippen LogP contribution >= 0.6 is 11.8 Å². The van der Waals surface area contributed by atoms with Crippen molar-refractivity contribution in [2.24, 2.45) is 0 Å². The maximum Gasteiger partial charge on any atom is 0.334 e. The van der Waals surface area contributed by atoms with E-state index in [9.17, 15) is 4.79 Å². The summed E-state index contributed by atoms with van der Waals surface area (Å²) in [4.78, 5) is 9.57. The molecule has 54 valence electrons. The van der Waals surface area contributed by atoms with Crippen molar-refractivity contribution in [3.63, 3.8) is 0 Å². The van der Waals surface area contributed by atoms with E-state index in [1.807, 2.05) is 0 Å². The summed E-state index contributed by atoms with van der Waals surface area (Å²) >= 11 is 1.27. The van der Waals surface area contributed by atoms with E-state index in [0.29, 0.717) is 0 Å². The minimum absolute atomic E-state index is 0.833. The fourth-order valence-electron chi connectivity index (χ4n) is 0.296. The molecule has 1 unspecified atom stereocenters. The number of thioether (sulfide) groups is 1. The van der Waals surface area contributed by atoms with Crippen molar-refractivity contribution < 1.29 is 9.90 Å². The van der Waals surface area contributed by atoms with Gasteiger partial charge in [-0.15, -0.1) is 11.8 Å². The van der Waals surface area contributed by atoms with Gasteiger partial charge in [0.15, 0.2) is 4.87 Å². The van der Waals surface area contributed by atoms with Gasteiger partial charge in [-0.05, 0) is 20.2 Å². The van der Waals surface area contributed by atoms with Crippen LogP contribution in [-0.2, 0) is 4.79 Å². The molecule has 0 aliphatic carbocycles. The average Bonchev–Trinajstić information content (AvgIpc) is 1.86. The number of hydrogen-bond acceptors (Lipinski definition) is 3. The molecule has 0 fully saturated rings. The Morgan fingerprint density at radius 2 is 2.22 bits per heavy atom. The molecular weight excluding hydrogens is 138 g/mol. The highest BCUT2D eigenvalue weighted by Gasteiger charge is 2.29. The fraction of sp³-hybridized carbons (Fsp3) is 0.800. The Labute approximate surface area is 58.8 Å². The van der Waals surface area contributed by atoms with Gasteiger partial charge >= 0.3 is 5.97 Å². The van der Waals surface area contributed by atoms with Crippen molar-refractivity contribution in [3.05, 3.63) is 0 Å². The number of hydrogen-bond donors (Lipinski definition) is 2. The Kier molecular flexibility index (Phi) is 3.00. The molecule has 0 amide bonds. The van der Waals surface area contributed by atoms with E-state index in [0.717, 1.165) is 0 Å². The zero-order valence-corrected chi connectivity index (χ0v) is 6.58. The van der Waals surface area contributed by atoms with E-state index in [4.69, 9.17) is 5.11 Å². The van der Waals surface area contributed by atoms with E-state index >= 15 is 0 Å². The van der Waals surface area contributed by atoms with E-state index in [-0.39, 0.29) is 0 Å². The largest absolute Gasteiger partial charge is 0.479 e. The molecule has 0 aromatic carbocycles. The van der Waals surface area contributed by atoms with Crippen LogP contribution in [0.25, 0.3) is 0 Å². The molecule has 0 saturated heterocycles. The van der Waals surface area contributed by atoms with Gasteiger partial charge in [0.1, 0.15) is 0 Å². The van der Waals surface area contributed by atoms with Gasteiger partial charge < -0.3 is 5.11 Å². The van der Waals surface area contributed by atoms with Crippen molar-refractivity contribution in [2.75, 3.05) is 13.3 Å². The number of rotatable bonds is 3. The first kappa shape index (κ1) is 8.78. The molecule has 0 aliphatic rings. The number of aliphatic carboxylic acids is 1. The highest BCUT2D eigenvalue weighted by molar-refractivity contribution is 8.00. The minimum atomic E-state index is -0.836. The minimum Gasteiger partial charge on any atom is -0.479 e. The standard InChI is InChI=1S/C5H11NO2S/c1-5(6-2,9-3)4(7)8/h6H,1-3H3,(H,7,8). The zero-order valence-electron chi connectivity index (χ0n) is 5.76. The predicted molar refractivity (Wildman–Crippen MR) is 38.6 cm³/mol. The van der Waals surface area contributed by atoms with E-state index in [1.165, 1.54) is 11.8 Å².